The standard InChI is InChI=1S/C18H26N4O3/c1-25-16-8-7-14(12-19-16)21-18(24)17(23)20-11-13-5-4-10-22-9-3-2-6-15(13)22/h7-8,12-13,15H,2-6,9-11H2,1H3,(H,20,23)(H,21,24)/t13-,15+/m0/s1. The number of anilines is 1. The number of piperidine rings is 2. The van der Waals surface area contributed by atoms with Crippen LogP contribution < -0.4 is 15.4 Å². The number of ether oxygens (including phenoxy) is 1. The highest BCUT2D eigenvalue weighted by Gasteiger charge is 2.33. The number of fused-ring (bicyclic) bond motifs is 1. The van der Waals surface area contributed by atoms with Crippen LogP contribution in [0.2, 0.25) is 0 Å². The van der Waals surface area contributed by atoms with Crippen molar-refractivity contribution in [3.63, 3.8) is 0 Å². The molecule has 136 valence electrons. The minimum atomic E-state index is -0.664. The molecule has 0 aliphatic carbocycles. The van der Waals surface area contributed by atoms with Crippen LogP contribution in [-0.4, -0.2) is 54.5 Å². The zero-order valence-corrected chi connectivity index (χ0v) is 14.7. The normalized spacial score (nSPS) is 23.4. The summed E-state index contributed by atoms with van der Waals surface area (Å²) in [6.07, 6.45) is 7.48. The van der Waals surface area contributed by atoms with Crippen LogP contribution in [0.5, 0.6) is 5.88 Å². The molecule has 0 radical (unpaired) electrons. The molecule has 3 rings (SSSR count). The summed E-state index contributed by atoms with van der Waals surface area (Å²) in [7, 11) is 1.52. The summed E-state index contributed by atoms with van der Waals surface area (Å²) < 4.78 is 4.96. The number of amides is 2. The molecule has 1 aromatic rings. The molecule has 2 fully saturated rings. The van der Waals surface area contributed by atoms with E-state index in [-0.39, 0.29) is 0 Å². The maximum atomic E-state index is 12.1. The highest BCUT2D eigenvalue weighted by Crippen LogP contribution is 2.30. The van der Waals surface area contributed by atoms with Crippen LogP contribution >= 0.6 is 0 Å². The lowest BCUT2D eigenvalue weighted by Crippen LogP contribution is -2.51. The van der Waals surface area contributed by atoms with Crippen molar-refractivity contribution in [3.05, 3.63) is 18.3 Å². The SMILES string of the molecule is COc1ccc(NC(=O)C(=O)NC[C@@H]2CCCN3CCCC[C@H]23)cn1. The Labute approximate surface area is 148 Å². The molecule has 2 saturated heterocycles. The van der Waals surface area contributed by atoms with Crippen molar-refractivity contribution in [1.82, 2.24) is 15.2 Å². The van der Waals surface area contributed by atoms with Crippen molar-refractivity contribution < 1.29 is 14.3 Å². The summed E-state index contributed by atoms with van der Waals surface area (Å²) in [6.45, 7) is 2.90. The minimum absolute atomic E-state index is 0.438. The average molecular weight is 346 g/mol. The van der Waals surface area contributed by atoms with Gasteiger partial charge in [0.1, 0.15) is 0 Å². The van der Waals surface area contributed by atoms with Gasteiger partial charge in [-0.25, -0.2) is 4.98 Å². The molecular weight excluding hydrogens is 320 g/mol. The molecule has 2 N–H and O–H groups in total. The van der Waals surface area contributed by atoms with E-state index in [9.17, 15) is 9.59 Å². The third-order valence-electron chi connectivity index (χ3n) is 5.16. The van der Waals surface area contributed by atoms with Gasteiger partial charge < -0.3 is 20.3 Å². The number of nitrogens with zero attached hydrogens (tertiary/aromatic N) is 2. The number of carbonyl (C=O) groups is 2. The fourth-order valence-corrected chi connectivity index (χ4v) is 3.88. The highest BCUT2D eigenvalue weighted by atomic mass is 16.5. The molecule has 2 aliphatic rings. The summed E-state index contributed by atoms with van der Waals surface area (Å²) in [5.41, 5.74) is 0.470. The first-order chi connectivity index (χ1) is 12.2. The van der Waals surface area contributed by atoms with Gasteiger partial charge in [0.25, 0.3) is 0 Å². The van der Waals surface area contributed by atoms with Crippen molar-refractivity contribution in [1.29, 1.82) is 0 Å². The third-order valence-corrected chi connectivity index (χ3v) is 5.16. The van der Waals surface area contributed by atoms with Crippen LogP contribution in [-0.2, 0) is 9.59 Å². The summed E-state index contributed by atoms with van der Waals surface area (Å²) >= 11 is 0. The van der Waals surface area contributed by atoms with E-state index >= 15 is 0 Å². The van der Waals surface area contributed by atoms with Crippen LogP contribution in [0.4, 0.5) is 5.69 Å². The van der Waals surface area contributed by atoms with Crippen molar-refractivity contribution in [2.75, 3.05) is 32.1 Å². The fourth-order valence-electron chi connectivity index (χ4n) is 3.88. The van der Waals surface area contributed by atoms with E-state index in [1.54, 1.807) is 12.1 Å². The molecule has 25 heavy (non-hydrogen) atoms. The maximum absolute atomic E-state index is 12.1. The summed E-state index contributed by atoms with van der Waals surface area (Å²) in [5, 5.41) is 5.36. The largest absolute Gasteiger partial charge is 0.481 e. The first kappa shape index (κ1) is 17.7. The Morgan fingerprint density at radius 2 is 2.04 bits per heavy atom. The Bertz CT molecular complexity index is 603. The van der Waals surface area contributed by atoms with Crippen LogP contribution in [0.1, 0.15) is 32.1 Å². The van der Waals surface area contributed by atoms with E-state index in [1.165, 1.54) is 52.1 Å². The molecule has 2 aliphatic heterocycles. The van der Waals surface area contributed by atoms with Gasteiger partial charge in [-0.3, -0.25) is 9.59 Å². The lowest BCUT2D eigenvalue weighted by molar-refractivity contribution is -0.136. The smallest absolute Gasteiger partial charge is 0.313 e. The van der Waals surface area contributed by atoms with E-state index in [4.69, 9.17) is 4.74 Å². The first-order valence-electron chi connectivity index (χ1n) is 9.00. The van der Waals surface area contributed by atoms with E-state index < -0.39 is 11.8 Å². The van der Waals surface area contributed by atoms with Crippen LogP contribution in [0.15, 0.2) is 18.3 Å². The molecule has 0 bridgehead atoms. The van der Waals surface area contributed by atoms with Gasteiger partial charge in [-0.1, -0.05) is 6.42 Å². The maximum Gasteiger partial charge on any atom is 0.313 e. The zero-order valence-electron chi connectivity index (χ0n) is 14.7. The topological polar surface area (TPSA) is 83.6 Å². The van der Waals surface area contributed by atoms with Crippen molar-refractivity contribution >= 4 is 17.5 Å². The average Bonchev–Trinajstić information content (AvgIpc) is 2.66. The first-order valence-corrected chi connectivity index (χ1v) is 9.00. The molecular formula is C18H26N4O3. The number of hydrogen-bond donors (Lipinski definition) is 2. The predicted octanol–water partition coefficient (Wildman–Crippen LogP) is 1.41. The highest BCUT2D eigenvalue weighted by molar-refractivity contribution is 6.39. The summed E-state index contributed by atoms with van der Waals surface area (Å²) in [5.74, 6) is -0.364. The second kappa shape index (κ2) is 8.29. The molecule has 1 aromatic heterocycles. The van der Waals surface area contributed by atoms with E-state index in [0.29, 0.717) is 30.1 Å². The predicted molar refractivity (Wildman–Crippen MR) is 94.4 cm³/mol. The molecule has 0 aromatic carbocycles. The lowest BCUT2D eigenvalue weighted by atomic mass is 9.83. The monoisotopic (exact) mass is 346 g/mol. The zero-order chi connectivity index (χ0) is 17.6. The van der Waals surface area contributed by atoms with Gasteiger partial charge >= 0.3 is 11.8 Å². The number of rotatable bonds is 4. The Morgan fingerprint density at radius 3 is 2.80 bits per heavy atom. The Kier molecular flexibility index (Phi) is 5.86. The number of nitrogens with one attached hydrogen (secondary N) is 2. The van der Waals surface area contributed by atoms with E-state index in [2.05, 4.69) is 20.5 Å². The number of methoxy groups -OCH3 is 1. The summed E-state index contributed by atoms with van der Waals surface area (Å²) in [6, 6.07) is 3.84. The second-order valence-corrected chi connectivity index (χ2v) is 6.75. The van der Waals surface area contributed by atoms with Crippen LogP contribution in [0, 0.1) is 5.92 Å². The third kappa shape index (κ3) is 4.48. The number of carbonyl (C=O) groups excluding carboxylic acids is 2. The molecule has 3 heterocycles. The molecule has 7 nitrogen and oxygen atoms in total. The fraction of sp³-hybridized carbons (Fsp3) is 0.611. The Morgan fingerprint density at radius 1 is 1.20 bits per heavy atom. The summed E-state index contributed by atoms with van der Waals surface area (Å²) in [4.78, 5) is 30.7. The minimum Gasteiger partial charge on any atom is -0.481 e. The number of aromatic nitrogens is 1. The van der Waals surface area contributed by atoms with Crippen LogP contribution in [0.3, 0.4) is 0 Å². The quantitative estimate of drug-likeness (QED) is 0.806. The van der Waals surface area contributed by atoms with Crippen molar-refractivity contribution in [3.8, 4) is 5.88 Å². The van der Waals surface area contributed by atoms with Crippen molar-refractivity contribution in [2.45, 2.75) is 38.1 Å². The lowest BCUT2D eigenvalue weighted by Gasteiger charge is -2.44. The van der Waals surface area contributed by atoms with Gasteiger partial charge in [-0.05, 0) is 50.8 Å². The van der Waals surface area contributed by atoms with Gasteiger partial charge in [0.05, 0.1) is 19.0 Å². The molecule has 7 heteroatoms. The van der Waals surface area contributed by atoms with Gasteiger partial charge in [0.15, 0.2) is 0 Å². The second-order valence-electron chi connectivity index (χ2n) is 6.75. The molecule has 0 unspecified atom stereocenters. The number of pyridine rings is 1. The van der Waals surface area contributed by atoms with Crippen molar-refractivity contribution in [2.24, 2.45) is 5.92 Å². The number of hydrogen-bond acceptors (Lipinski definition) is 5. The Hall–Kier alpha value is -2.15. The molecule has 0 saturated carbocycles. The van der Waals surface area contributed by atoms with Gasteiger partial charge in [0.2, 0.25) is 5.88 Å². The van der Waals surface area contributed by atoms with Gasteiger partial charge in [0, 0.05) is 18.7 Å². The van der Waals surface area contributed by atoms with Gasteiger partial charge in [-0.15, -0.1) is 0 Å². The molecule has 0 spiro atoms. The Balaban J connectivity index is 1.48. The van der Waals surface area contributed by atoms with E-state index in [1.807, 2.05) is 0 Å². The van der Waals surface area contributed by atoms with Gasteiger partial charge in [-0.2, -0.15) is 0 Å². The molecule has 2 amide bonds. The van der Waals surface area contributed by atoms with E-state index in [0.717, 1.165) is 6.42 Å². The van der Waals surface area contributed by atoms with Crippen LogP contribution in [0.25, 0.3) is 0 Å². The molecule has 2 atom stereocenters.